The van der Waals surface area contributed by atoms with E-state index in [9.17, 15) is 13.2 Å². The van der Waals surface area contributed by atoms with Crippen molar-refractivity contribution in [1.29, 1.82) is 0 Å². The van der Waals surface area contributed by atoms with Crippen LogP contribution in [0.1, 0.15) is 33.1 Å². The van der Waals surface area contributed by atoms with Crippen LogP contribution < -0.4 is 0 Å². The van der Waals surface area contributed by atoms with Crippen LogP contribution in [0, 0.1) is 0 Å². The second-order valence-electron chi connectivity index (χ2n) is 3.27. The van der Waals surface area contributed by atoms with E-state index in [1.165, 1.54) is 7.11 Å². The van der Waals surface area contributed by atoms with Crippen molar-refractivity contribution in [3.8, 4) is 0 Å². The second-order valence-corrected chi connectivity index (χ2v) is 5.80. The quantitative estimate of drug-likeness (QED) is 0.633. The summed E-state index contributed by atoms with van der Waals surface area (Å²) in [5, 5.41) is -0.319. The normalized spacial score (nSPS) is 13.6. The smallest absolute Gasteiger partial charge is 0.305 e. The van der Waals surface area contributed by atoms with Crippen LogP contribution in [0.2, 0.25) is 0 Å². The fraction of sp³-hybridized carbons (Fsp3) is 0.889. The van der Waals surface area contributed by atoms with E-state index in [2.05, 4.69) is 4.74 Å². The number of ether oxygens (including phenoxy) is 1. The van der Waals surface area contributed by atoms with Gasteiger partial charge in [-0.3, -0.25) is 4.79 Å². The fourth-order valence-electron chi connectivity index (χ4n) is 0.975. The third-order valence-electron chi connectivity index (χ3n) is 2.23. The van der Waals surface area contributed by atoms with Crippen molar-refractivity contribution in [2.24, 2.45) is 0 Å². The van der Waals surface area contributed by atoms with Gasteiger partial charge >= 0.3 is 5.97 Å². The molecule has 4 nitrogen and oxygen atoms in total. The largest absolute Gasteiger partial charge is 0.469 e. The summed E-state index contributed by atoms with van der Waals surface area (Å²) >= 11 is 0. The van der Waals surface area contributed by atoms with Gasteiger partial charge in [0, 0.05) is 6.42 Å². The van der Waals surface area contributed by atoms with Gasteiger partial charge in [-0.2, -0.15) is 0 Å². The first kappa shape index (κ1) is 13.4. The fourth-order valence-corrected chi connectivity index (χ4v) is 2.43. The molecule has 0 fully saturated rings. The number of hydrogen-bond donors (Lipinski definition) is 0. The SMILES string of the molecule is CCC(C)S(=O)(=O)CCCC(=O)OC. The lowest BCUT2D eigenvalue weighted by atomic mass is 10.3. The first-order chi connectivity index (χ1) is 6.44. The molecule has 0 bridgehead atoms. The van der Waals surface area contributed by atoms with Crippen LogP contribution >= 0.6 is 0 Å². The predicted octanol–water partition coefficient (Wildman–Crippen LogP) is 1.15. The van der Waals surface area contributed by atoms with Gasteiger partial charge in [0.1, 0.15) is 0 Å². The minimum atomic E-state index is -3.02. The average Bonchev–Trinajstić information content (AvgIpc) is 2.15. The highest BCUT2D eigenvalue weighted by molar-refractivity contribution is 7.91. The molecule has 5 heteroatoms. The van der Waals surface area contributed by atoms with Crippen LogP contribution in [0.25, 0.3) is 0 Å². The van der Waals surface area contributed by atoms with Gasteiger partial charge in [0.2, 0.25) is 0 Å². The topological polar surface area (TPSA) is 60.4 Å². The molecule has 0 heterocycles. The van der Waals surface area contributed by atoms with Gasteiger partial charge < -0.3 is 4.74 Å². The number of esters is 1. The number of carbonyl (C=O) groups excluding carboxylic acids is 1. The third kappa shape index (κ3) is 4.60. The molecule has 1 atom stereocenters. The van der Waals surface area contributed by atoms with E-state index < -0.39 is 9.84 Å². The lowest BCUT2D eigenvalue weighted by Crippen LogP contribution is -2.20. The van der Waals surface area contributed by atoms with E-state index in [4.69, 9.17) is 0 Å². The van der Waals surface area contributed by atoms with Crippen LogP contribution in [-0.2, 0) is 19.4 Å². The highest BCUT2D eigenvalue weighted by Crippen LogP contribution is 2.08. The van der Waals surface area contributed by atoms with Gasteiger partial charge in [0.15, 0.2) is 9.84 Å². The number of carbonyl (C=O) groups is 1. The zero-order chi connectivity index (χ0) is 11.2. The summed E-state index contributed by atoms with van der Waals surface area (Å²) in [7, 11) is -1.72. The van der Waals surface area contributed by atoms with Crippen molar-refractivity contribution < 1.29 is 17.9 Å². The molecule has 14 heavy (non-hydrogen) atoms. The Hall–Kier alpha value is -0.580. The molecule has 0 aromatic rings. The molecule has 0 N–H and O–H groups in total. The standard InChI is InChI=1S/C9H18O4S/c1-4-8(2)14(11,12)7-5-6-9(10)13-3/h8H,4-7H2,1-3H3. The van der Waals surface area contributed by atoms with E-state index in [0.717, 1.165) is 0 Å². The molecule has 0 saturated carbocycles. The molecule has 0 amide bonds. The summed E-state index contributed by atoms with van der Waals surface area (Å²) in [6.45, 7) is 3.52. The van der Waals surface area contributed by atoms with E-state index >= 15 is 0 Å². The van der Waals surface area contributed by atoms with Crippen LogP contribution in [0.4, 0.5) is 0 Å². The summed E-state index contributed by atoms with van der Waals surface area (Å²) < 4.78 is 27.4. The Kier molecular flexibility index (Phi) is 5.76. The average molecular weight is 222 g/mol. The highest BCUT2D eigenvalue weighted by Gasteiger charge is 2.18. The maximum Gasteiger partial charge on any atom is 0.305 e. The molecular weight excluding hydrogens is 204 g/mol. The first-order valence-electron chi connectivity index (χ1n) is 4.72. The predicted molar refractivity (Wildman–Crippen MR) is 54.8 cm³/mol. The number of methoxy groups -OCH3 is 1. The molecule has 0 aliphatic rings. The minimum Gasteiger partial charge on any atom is -0.469 e. The van der Waals surface area contributed by atoms with Gasteiger partial charge in [0.25, 0.3) is 0 Å². The first-order valence-corrected chi connectivity index (χ1v) is 6.44. The Morgan fingerprint density at radius 3 is 2.43 bits per heavy atom. The molecular formula is C9H18O4S. The second kappa shape index (κ2) is 6.01. The van der Waals surface area contributed by atoms with Crippen molar-refractivity contribution >= 4 is 15.8 Å². The van der Waals surface area contributed by atoms with E-state index in [0.29, 0.717) is 12.8 Å². The summed E-state index contributed by atoms with van der Waals surface area (Å²) in [6, 6.07) is 0. The molecule has 0 radical (unpaired) electrons. The molecule has 0 saturated heterocycles. The van der Waals surface area contributed by atoms with Crippen LogP contribution in [0.5, 0.6) is 0 Å². The molecule has 84 valence electrons. The third-order valence-corrected chi connectivity index (χ3v) is 4.64. The lowest BCUT2D eigenvalue weighted by molar-refractivity contribution is -0.140. The van der Waals surface area contributed by atoms with Crippen molar-refractivity contribution in [3.05, 3.63) is 0 Å². The zero-order valence-corrected chi connectivity index (χ0v) is 9.76. The number of sulfone groups is 1. The van der Waals surface area contributed by atoms with E-state index in [1.54, 1.807) is 6.92 Å². The zero-order valence-electron chi connectivity index (χ0n) is 8.95. The monoisotopic (exact) mass is 222 g/mol. The van der Waals surface area contributed by atoms with Crippen molar-refractivity contribution in [2.45, 2.75) is 38.4 Å². The summed E-state index contributed by atoms with van der Waals surface area (Å²) in [6.07, 6.45) is 1.13. The molecule has 0 aliphatic carbocycles. The van der Waals surface area contributed by atoms with Crippen LogP contribution in [-0.4, -0.2) is 32.5 Å². The molecule has 0 rings (SSSR count). The summed E-state index contributed by atoms with van der Waals surface area (Å²) in [5.74, 6) is -0.291. The van der Waals surface area contributed by atoms with Crippen molar-refractivity contribution in [2.75, 3.05) is 12.9 Å². The van der Waals surface area contributed by atoms with E-state index in [1.807, 2.05) is 6.92 Å². The van der Waals surface area contributed by atoms with Crippen molar-refractivity contribution in [3.63, 3.8) is 0 Å². The molecule has 1 unspecified atom stereocenters. The summed E-state index contributed by atoms with van der Waals surface area (Å²) in [4.78, 5) is 10.7. The van der Waals surface area contributed by atoms with Gasteiger partial charge in [-0.1, -0.05) is 6.92 Å². The Labute approximate surface area is 85.6 Å². The van der Waals surface area contributed by atoms with Gasteiger partial charge in [-0.05, 0) is 19.8 Å². The Balaban J connectivity index is 3.95. The number of rotatable bonds is 6. The van der Waals surface area contributed by atoms with Gasteiger partial charge in [0.05, 0.1) is 18.1 Å². The van der Waals surface area contributed by atoms with Gasteiger partial charge in [-0.15, -0.1) is 0 Å². The maximum absolute atomic E-state index is 11.5. The Morgan fingerprint density at radius 2 is 2.00 bits per heavy atom. The maximum atomic E-state index is 11.5. The van der Waals surface area contributed by atoms with Crippen LogP contribution in [0.3, 0.4) is 0 Å². The molecule has 0 spiro atoms. The minimum absolute atomic E-state index is 0.0666. The van der Waals surface area contributed by atoms with Crippen LogP contribution in [0.15, 0.2) is 0 Å². The van der Waals surface area contributed by atoms with Crippen molar-refractivity contribution in [1.82, 2.24) is 0 Å². The molecule has 0 aromatic carbocycles. The van der Waals surface area contributed by atoms with E-state index in [-0.39, 0.29) is 23.4 Å². The molecule has 0 aliphatic heterocycles. The highest BCUT2D eigenvalue weighted by atomic mass is 32.2. The molecule has 0 aromatic heterocycles. The lowest BCUT2D eigenvalue weighted by Gasteiger charge is -2.09. The Morgan fingerprint density at radius 1 is 1.43 bits per heavy atom. The number of hydrogen-bond acceptors (Lipinski definition) is 4. The Bertz CT molecular complexity index is 269. The van der Waals surface area contributed by atoms with Gasteiger partial charge in [-0.25, -0.2) is 8.42 Å². The summed E-state index contributed by atoms with van der Waals surface area (Å²) in [5.41, 5.74) is 0.